The zero-order valence-electron chi connectivity index (χ0n) is 29.2. The van der Waals surface area contributed by atoms with Crippen molar-refractivity contribution in [1.82, 2.24) is 31.5 Å². The molecule has 0 saturated carbocycles. The lowest BCUT2D eigenvalue weighted by Crippen LogP contribution is -2.65. The first kappa shape index (κ1) is 41.3. The van der Waals surface area contributed by atoms with E-state index in [-0.39, 0.29) is 50.8 Å². The van der Waals surface area contributed by atoms with Crippen molar-refractivity contribution in [3.8, 4) is 0 Å². The number of nitrogens with zero attached hydrogens (tertiary/aromatic N) is 2. The van der Waals surface area contributed by atoms with E-state index in [1.807, 2.05) is 0 Å². The molecule has 2 heterocycles. The lowest BCUT2D eigenvalue weighted by Gasteiger charge is -2.46. The van der Waals surface area contributed by atoms with Gasteiger partial charge in [0.05, 0.1) is 0 Å². The van der Waals surface area contributed by atoms with Crippen molar-refractivity contribution >= 4 is 59.0 Å². The Morgan fingerprint density at radius 2 is 1.54 bits per heavy atom. The highest BCUT2D eigenvalue weighted by atomic mass is 35.5. The van der Waals surface area contributed by atoms with E-state index in [0.29, 0.717) is 49.1 Å². The van der Waals surface area contributed by atoms with Gasteiger partial charge in [0.15, 0.2) is 5.96 Å². The van der Waals surface area contributed by atoms with E-state index in [9.17, 15) is 33.6 Å². The molecule has 1 aromatic rings. The van der Waals surface area contributed by atoms with Crippen molar-refractivity contribution in [2.45, 2.75) is 107 Å². The molecule has 2 aliphatic rings. The van der Waals surface area contributed by atoms with Crippen LogP contribution in [0.3, 0.4) is 0 Å². The summed E-state index contributed by atoms with van der Waals surface area (Å²) in [7, 11) is 0. The van der Waals surface area contributed by atoms with Gasteiger partial charge in [0, 0.05) is 37.5 Å². The van der Waals surface area contributed by atoms with Crippen molar-refractivity contribution in [2.24, 2.45) is 27.9 Å². The Balaban J connectivity index is 1.74. The number of guanidine groups is 1. The van der Waals surface area contributed by atoms with Crippen LogP contribution in [-0.4, -0.2) is 102 Å². The van der Waals surface area contributed by atoms with Gasteiger partial charge in [0.2, 0.25) is 35.4 Å². The van der Waals surface area contributed by atoms with Gasteiger partial charge < -0.3 is 54.4 Å². The molecule has 1 aromatic carbocycles. The standard InChI is InChI=1S/C33H50ClN11O7/c1-18(46)41-22(6-3-15-39-32(36)37)28(48)43-24-14-13-21-5-2-8-26(45(21)31(24)51)30(50)42-23(7-4-16-40-33(38)52)29(49)44-25(27(35)47)17-19-9-11-20(34)12-10-19/h9-12,21-26H,2-8,13-17H2,1H3,(H2,35,47)(H,41,46)(H,42,50)(H,43,48)(H,44,49)(H4,36,37,39)(H3,38,40,52)/t21-,22+,23-,24+,25-,26+/m1/s1. The summed E-state index contributed by atoms with van der Waals surface area (Å²) in [6.45, 7) is 1.63. The first-order valence-electron chi connectivity index (χ1n) is 17.3. The van der Waals surface area contributed by atoms with Crippen molar-refractivity contribution in [3.63, 3.8) is 0 Å². The minimum atomic E-state index is -1.16. The molecule has 0 bridgehead atoms. The normalized spacial score (nSPS) is 19.8. The summed E-state index contributed by atoms with van der Waals surface area (Å²) in [5.41, 5.74) is 22.2. The summed E-state index contributed by atoms with van der Waals surface area (Å²) in [6, 6.07) is 0.531. The fourth-order valence-corrected chi connectivity index (χ4v) is 6.57. The number of aliphatic imine (C=N–C) groups is 1. The van der Waals surface area contributed by atoms with Crippen LogP contribution in [0.5, 0.6) is 0 Å². The van der Waals surface area contributed by atoms with Gasteiger partial charge in [-0.2, -0.15) is 0 Å². The molecule has 0 unspecified atom stereocenters. The lowest BCUT2D eigenvalue weighted by molar-refractivity contribution is -0.152. The second-order valence-corrected chi connectivity index (χ2v) is 13.4. The van der Waals surface area contributed by atoms with E-state index in [1.165, 1.54) is 11.8 Å². The SMILES string of the molecule is CC(=O)N[C@@H](CCCN=C(N)N)C(=O)N[C@H]1CC[C@H]2CCC[C@@H](C(=O)N[C@H](CCCNC(N)=O)C(=O)N[C@H](Cc3ccc(Cl)cc3)C(N)=O)N2C1=O. The quantitative estimate of drug-likeness (QED) is 0.0473. The van der Waals surface area contributed by atoms with Gasteiger partial charge in [0.1, 0.15) is 30.2 Å². The van der Waals surface area contributed by atoms with Gasteiger partial charge >= 0.3 is 6.03 Å². The number of carbonyl (C=O) groups excluding carboxylic acids is 7. The van der Waals surface area contributed by atoms with Crippen molar-refractivity contribution < 1.29 is 33.6 Å². The molecular formula is C33H50ClN11O7. The minimum absolute atomic E-state index is 0.0563. The average molecular weight is 748 g/mol. The van der Waals surface area contributed by atoms with Crippen LogP contribution in [0.15, 0.2) is 29.3 Å². The Bertz CT molecular complexity index is 1490. The molecule has 0 radical (unpaired) electrons. The van der Waals surface area contributed by atoms with Gasteiger partial charge in [-0.3, -0.25) is 33.8 Å². The molecule has 0 aromatic heterocycles. The lowest BCUT2D eigenvalue weighted by atomic mass is 9.86. The Kier molecular flexibility index (Phi) is 15.9. The average Bonchev–Trinajstić information content (AvgIpc) is 3.08. The second-order valence-electron chi connectivity index (χ2n) is 13.0. The number of hydrogen-bond donors (Lipinski definition) is 9. The number of primary amides is 2. The number of rotatable bonds is 18. The van der Waals surface area contributed by atoms with Crippen LogP contribution in [0, 0.1) is 0 Å². The van der Waals surface area contributed by atoms with E-state index < -0.39 is 71.7 Å². The van der Waals surface area contributed by atoms with Gasteiger partial charge in [-0.05, 0) is 75.5 Å². The zero-order chi connectivity index (χ0) is 38.4. The topological polar surface area (TPSA) is 299 Å². The third-order valence-corrected chi connectivity index (χ3v) is 9.21. The number of urea groups is 1. The molecule has 2 aliphatic heterocycles. The number of hydrogen-bond acceptors (Lipinski definition) is 8. The Morgan fingerprint density at radius 3 is 2.17 bits per heavy atom. The predicted octanol–water partition coefficient (Wildman–Crippen LogP) is -1.63. The van der Waals surface area contributed by atoms with Crippen LogP contribution in [-0.2, 0) is 35.2 Å². The molecule has 0 spiro atoms. The highest BCUT2D eigenvalue weighted by molar-refractivity contribution is 6.30. The van der Waals surface area contributed by atoms with E-state index in [4.69, 9.17) is 34.5 Å². The number of piperidine rings is 2. The molecular weight excluding hydrogens is 698 g/mol. The molecule has 286 valence electrons. The smallest absolute Gasteiger partial charge is 0.312 e. The maximum Gasteiger partial charge on any atom is 0.312 e. The first-order chi connectivity index (χ1) is 24.7. The van der Waals surface area contributed by atoms with Crippen LogP contribution >= 0.6 is 11.6 Å². The highest BCUT2D eigenvalue weighted by Crippen LogP contribution is 2.31. The van der Waals surface area contributed by atoms with Crippen LogP contribution in [0.4, 0.5) is 4.79 Å². The molecule has 18 nitrogen and oxygen atoms in total. The van der Waals surface area contributed by atoms with Gasteiger partial charge in [-0.25, -0.2) is 4.79 Å². The maximum atomic E-state index is 13.9. The monoisotopic (exact) mass is 747 g/mol. The van der Waals surface area contributed by atoms with E-state index in [0.717, 1.165) is 0 Å². The highest BCUT2D eigenvalue weighted by Gasteiger charge is 2.45. The molecule has 0 aliphatic carbocycles. The number of halogens is 1. The Hall–Kier alpha value is -5.13. The molecule has 13 N–H and O–H groups in total. The largest absolute Gasteiger partial charge is 0.370 e. The molecule has 8 amide bonds. The number of carbonyl (C=O) groups is 7. The van der Waals surface area contributed by atoms with Crippen molar-refractivity contribution in [3.05, 3.63) is 34.9 Å². The van der Waals surface area contributed by atoms with E-state index in [2.05, 4.69) is 31.6 Å². The molecule has 2 fully saturated rings. The fourth-order valence-electron chi connectivity index (χ4n) is 6.45. The van der Waals surface area contributed by atoms with Gasteiger partial charge in [-0.15, -0.1) is 0 Å². The van der Waals surface area contributed by atoms with Gasteiger partial charge in [-0.1, -0.05) is 23.7 Å². The molecule has 52 heavy (non-hydrogen) atoms. The maximum absolute atomic E-state index is 13.9. The number of fused-ring (bicyclic) bond motifs is 1. The van der Waals surface area contributed by atoms with Crippen LogP contribution in [0.2, 0.25) is 5.02 Å². The van der Waals surface area contributed by atoms with Crippen LogP contribution in [0.1, 0.15) is 70.3 Å². The third kappa shape index (κ3) is 12.9. The second kappa shape index (κ2) is 20.0. The summed E-state index contributed by atoms with van der Waals surface area (Å²) in [6.07, 6.45) is 3.44. The third-order valence-electron chi connectivity index (χ3n) is 8.96. The Labute approximate surface area is 306 Å². The van der Waals surface area contributed by atoms with Crippen LogP contribution < -0.4 is 49.5 Å². The minimum Gasteiger partial charge on any atom is -0.370 e. The van der Waals surface area contributed by atoms with E-state index >= 15 is 0 Å². The van der Waals surface area contributed by atoms with Gasteiger partial charge in [0.25, 0.3) is 0 Å². The number of amides is 8. The van der Waals surface area contributed by atoms with E-state index in [1.54, 1.807) is 24.3 Å². The van der Waals surface area contributed by atoms with Crippen molar-refractivity contribution in [2.75, 3.05) is 13.1 Å². The van der Waals surface area contributed by atoms with Crippen molar-refractivity contribution in [1.29, 1.82) is 0 Å². The molecule has 3 rings (SSSR count). The Morgan fingerprint density at radius 1 is 0.865 bits per heavy atom. The molecule has 2 saturated heterocycles. The summed E-state index contributed by atoms with van der Waals surface area (Å²) >= 11 is 5.97. The molecule has 19 heteroatoms. The summed E-state index contributed by atoms with van der Waals surface area (Å²) in [5.74, 6) is -3.59. The number of nitrogens with one attached hydrogen (secondary N) is 5. The summed E-state index contributed by atoms with van der Waals surface area (Å²) < 4.78 is 0. The van der Waals surface area contributed by atoms with Crippen LogP contribution in [0.25, 0.3) is 0 Å². The fraction of sp³-hybridized carbons (Fsp3) is 0.576. The molecule has 6 atom stereocenters. The first-order valence-corrected chi connectivity index (χ1v) is 17.7. The zero-order valence-corrected chi connectivity index (χ0v) is 30.0. The summed E-state index contributed by atoms with van der Waals surface area (Å²) in [4.78, 5) is 95.4. The number of nitrogens with two attached hydrogens (primary N) is 4. The number of benzene rings is 1. The summed E-state index contributed by atoms with van der Waals surface area (Å²) in [5, 5.41) is 13.7. The predicted molar refractivity (Wildman–Crippen MR) is 192 cm³/mol.